The fourth-order valence-corrected chi connectivity index (χ4v) is 3.40. The van der Waals surface area contributed by atoms with Crippen molar-refractivity contribution in [2.24, 2.45) is 0 Å². The van der Waals surface area contributed by atoms with Gasteiger partial charge in [0.2, 0.25) is 0 Å². The first-order valence-corrected chi connectivity index (χ1v) is 7.74. The topological polar surface area (TPSA) is 72.9 Å². The van der Waals surface area contributed by atoms with E-state index in [1.807, 2.05) is 37.4 Å². The third kappa shape index (κ3) is 2.12. The van der Waals surface area contributed by atoms with E-state index in [-0.39, 0.29) is 5.91 Å². The lowest BCUT2D eigenvalue weighted by Crippen LogP contribution is -2.27. The molecule has 4 rings (SSSR count). The molecular weight excluding hydrogens is 288 g/mol. The van der Waals surface area contributed by atoms with Gasteiger partial charge in [-0.3, -0.25) is 14.3 Å². The van der Waals surface area contributed by atoms with Gasteiger partial charge in [-0.15, -0.1) is 0 Å². The number of benzene rings is 1. The molecule has 0 atom stereocenters. The van der Waals surface area contributed by atoms with Crippen LogP contribution in [0.5, 0.6) is 0 Å². The molecule has 0 saturated carbocycles. The number of anilines is 1. The highest BCUT2D eigenvalue weighted by atomic mass is 16.2. The van der Waals surface area contributed by atoms with Gasteiger partial charge in [-0.2, -0.15) is 0 Å². The number of pyridine rings is 1. The minimum absolute atomic E-state index is 0.0540. The van der Waals surface area contributed by atoms with E-state index in [9.17, 15) is 4.79 Å². The molecule has 1 aliphatic heterocycles. The Kier molecular flexibility index (Phi) is 3.16. The molecule has 3 heterocycles. The molecule has 116 valence electrons. The second-order valence-corrected chi connectivity index (χ2v) is 5.96. The lowest BCUT2D eigenvalue weighted by Gasteiger charge is -2.20. The minimum Gasteiger partial charge on any atom is -0.397 e. The highest BCUT2D eigenvalue weighted by molar-refractivity contribution is 6.06. The Hall–Kier alpha value is -2.66. The normalized spacial score (nSPS) is 14.0. The molecule has 2 aromatic heterocycles. The quantitative estimate of drug-likeness (QED) is 0.676. The SMILES string of the molecule is Cc1cc2cccc(N)c2n1C(=O)c1cncc2c1CCNC2. The molecule has 0 spiro atoms. The minimum atomic E-state index is -0.0540. The van der Waals surface area contributed by atoms with Crippen molar-refractivity contribution < 1.29 is 4.79 Å². The van der Waals surface area contributed by atoms with Gasteiger partial charge in [0.1, 0.15) is 0 Å². The first-order valence-electron chi connectivity index (χ1n) is 7.74. The summed E-state index contributed by atoms with van der Waals surface area (Å²) >= 11 is 0. The van der Waals surface area contributed by atoms with Crippen molar-refractivity contribution in [3.63, 3.8) is 0 Å². The smallest absolute Gasteiger partial charge is 0.264 e. The van der Waals surface area contributed by atoms with Gasteiger partial charge in [-0.05, 0) is 43.1 Å². The van der Waals surface area contributed by atoms with Crippen LogP contribution in [0.2, 0.25) is 0 Å². The first kappa shape index (κ1) is 14.0. The number of aryl methyl sites for hydroxylation is 1. The number of nitrogen functional groups attached to an aromatic ring is 1. The van der Waals surface area contributed by atoms with Crippen LogP contribution in [0.3, 0.4) is 0 Å². The molecule has 3 aromatic rings. The first-order chi connectivity index (χ1) is 11.2. The molecular formula is C18H18N4O. The predicted molar refractivity (Wildman–Crippen MR) is 90.5 cm³/mol. The molecule has 5 nitrogen and oxygen atoms in total. The van der Waals surface area contributed by atoms with Crippen LogP contribution >= 0.6 is 0 Å². The number of rotatable bonds is 1. The molecule has 0 bridgehead atoms. The fourth-order valence-electron chi connectivity index (χ4n) is 3.40. The summed E-state index contributed by atoms with van der Waals surface area (Å²) in [5.74, 6) is -0.0540. The van der Waals surface area contributed by atoms with E-state index in [2.05, 4.69) is 10.3 Å². The van der Waals surface area contributed by atoms with Crippen LogP contribution in [0.1, 0.15) is 27.2 Å². The maximum absolute atomic E-state index is 13.2. The maximum atomic E-state index is 13.2. The number of carbonyl (C=O) groups excluding carboxylic acids is 1. The largest absolute Gasteiger partial charge is 0.397 e. The lowest BCUT2D eigenvalue weighted by atomic mass is 9.98. The maximum Gasteiger partial charge on any atom is 0.264 e. The van der Waals surface area contributed by atoms with Crippen molar-refractivity contribution in [2.75, 3.05) is 12.3 Å². The van der Waals surface area contributed by atoms with Gasteiger partial charge in [0.05, 0.1) is 16.8 Å². The van der Waals surface area contributed by atoms with E-state index >= 15 is 0 Å². The van der Waals surface area contributed by atoms with Crippen LogP contribution < -0.4 is 11.1 Å². The van der Waals surface area contributed by atoms with Gasteiger partial charge in [0.25, 0.3) is 5.91 Å². The molecule has 0 aliphatic carbocycles. The summed E-state index contributed by atoms with van der Waals surface area (Å²) in [7, 11) is 0. The van der Waals surface area contributed by atoms with Gasteiger partial charge in [0, 0.05) is 30.0 Å². The Morgan fingerprint density at radius 2 is 2.22 bits per heavy atom. The van der Waals surface area contributed by atoms with E-state index in [1.54, 1.807) is 10.8 Å². The highest BCUT2D eigenvalue weighted by Gasteiger charge is 2.22. The van der Waals surface area contributed by atoms with E-state index in [1.165, 1.54) is 0 Å². The van der Waals surface area contributed by atoms with Crippen molar-refractivity contribution in [3.8, 4) is 0 Å². The van der Waals surface area contributed by atoms with Gasteiger partial charge in [-0.1, -0.05) is 12.1 Å². The molecule has 5 heteroatoms. The molecule has 0 amide bonds. The average molecular weight is 306 g/mol. The van der Waals surface area contributed by atoms with Crippen molar-refractivity contribution >= 4 is 22.5 Å². The van der Waals surface area contributed by atoms with Crippen molar-refractivity contribution in [3.05, 3.63) is 59.0 Å². The number of para-hydroxylation sites is 1. The Labute approximate surface area is 134 Å². The van der Waals surface area contributed by atoms with E-state index < -0.39 is 0 Å². The number of nitrogens with two attached hydrogens (primary N) is 1. The zero-order valence-corrected chi connectivity index (χ0v) is 13.0. The number of carbonyl (C=O) groups is 1. The number of fused-ring (bicyclic) bond motifs is 2. The third-order valence-electron chi connectivity index (χ3n) is 4.49. The monoisotopic (exact) mass is 306 g/mol. The van der Waals surface area contributed by atoms with E-state index in [0.29, 0.717) is 11.3 Å². The zero-order valence-electron chi connectivity index (χ0n) is 13.0. The molecule has 0 unspecified atom stereocenters. The van der Waals surface area contributed by atoms with Crippen molar-refractivity contribution in [1.82, 2.24) is 14.9 Å². The van der Waals surface area contributed by atoms with Crippen LogP contribution in [0.25, 0.3) is 10.9 Å². The fraction of sp³-hybridized carbons (Fsp3) is 0.222. The number of nitrogens with zero attached hydrogens (tertiary/aromatic N) is 2. The molecule has 23 heavy (non-hydrogen) atoms. The van der Waals surface area contributed by atoms with Gasteiger partial charge < -0.3 is 11.1 Å². The summed E-state index contributed by atoms with van der Waals surface area (Å²) in [5.41, 5.74) is 11.3. The number of hydrogen-bond donors (Lipinski definition) is 2. The molecule has 1 aliphatic rings. The summed E-state index contributed by atoms with van der Waals surface area (Å²) in [5, 5.41) is 4.30. The molecule has 0 fully saturated rings. The second-order valence-electron chi connectivity index (χ2n) is 5.96. The average Bonchev–Trinajstić information content (AvgIpc) is 2.91. The number of aromatic nitrogens is 2. The zero-order chi connectivity index (χ0) is 16.0. The van der Waals surface area contributed by atoms with Gasteiger partial charge >= 0.3 is 0 Å². The second kappa shape index (κ2) is 5.21. The molecule has 1 aromatic carbocycles. The molecule has 0 radical (unpaired) electrons. The van der Waals surface area contributed by atoms with Crippen LogP contribution in [-0.4, -0.2) is 22.0 Å². The van der Waals surface area contributed by atoms with Crippen LogP contribution in [0.4, 0.5) is 5.69 Å². The summed E-state index contributed by atoms with van der Waals surface area (Å²) < 4.78 is 1.71. The number of nitrogens with one attached hydrogen (secondary N) is 1. The Morgan fingerprint density at radius 1 is 1.35 bits per heavy atom. The van der Waals surface area contributed by atoms with Gasteiger partial charge in [0.15, 0.2) is 0 Å². The molecule has 0 saturated heterocycles. The van der Waals surface area contributed by atoms with E-state index in [4.69, 9.17) is 5.73 Å². The standard InChI is InChI=1S/C18H18N4O/c1-11-7-12-3-2-4-16(19)17(12)22(11)18(23)15-10-21-9-13-8-20-6-5-14(13)15/h2-4,7,9-10,20H,5-6,8,19H2,1H3. The summed E-state index contributed by atoms with van der Waals surface area (Å²) in [6.07, 6.45) is 4.36. The van der Waals surface area contributed by atoms with Crippen molar-refractivity contribution in [1.29, 1.82) is 0 Å². The molecule has 3 N–H and O–H groups in total. The van der Waals surface area contributed by atoms with Crippen LogP contribution in [-0.2, 0) is 13.0 Å². The van der Waals surface area contributed by atoms with Crippen molar-refractivity contribution in [2.45, 2.75) is 19.9 Å². The Morgan fingerprint density at radius 3 is 3.09 bits per heavy atom. The Bertz CT molecular complexity index is 926. The summed E-state index contributed by atoms with van der Waals surface area (Å²) in [4.78, 5) is 17.5. The van der Waals surface area contributed by atoms with Gasteiger partial charge in [-0.25, -0.2) is 0 Å². The van der Waals surface area contributed by atoms with Crippen LogP contribution in [0, 0.1) is 6.92 Å². The number of hydrogen-bond acceptors (Lipinski definition) is 4. The summed E-state index contributed by atoms with van der Waals surface area (Å²) in [6.45, 7) is 3.57. The Balaban J connectivity index is 1.93. The highest BCUT2D eigenvalue weighted by Crippen LogP contribution is 2.27. The lowest BCUT2D eigenvalue weighted by molar-refractivity contribution is 0.0961. The van der Waals surface area contributed by atoms with E-state index in [0.717, 1.165) is 47.2 Å². The third-order valence-corrected chi connectivity index (χ3v) is 4.49. The predicted octanol–water partition coefficient (Wildman–Crippen LogP) is 2.26. The summed E-state index contributed by atoms with van der Waals surface area (Å²) in [6, 6.07) is 7.71. The van der Waals surface area contributed by atoms with Crippen LogP contribution in [0.15, 0.2) is 36.7 Å².